The normalized spacial score (nSPS) is 16.2. The Hall–Kier alpha value is -1.23. The van der Waals surface area contributed by atoms with Crippen molar-refractivity contribution >= 4 is 17.4 Å². The van der Waals surface area contributed by atoms with Gasteiger partial charge < -0.3 is 4.74 Å². The number of alkyl halides is 3. The third-order valence-corrected chi connectivity index (χ3v) is 3.21. The van der Waals surface area contributed by atoms with Gasteiger partial charge in [0.25, 0.3) is 0 Å². The third-order valence-electron chi connectivity index (χ3n) is 2.92. The van der Waals surface area contributed by atoms with Crippen molar-refractivity contribution < 1.29 is 22.7 Å². The van der Waals surface area contributed by atoms with E-state index in [0.717, 1.165) is 25.3 Å². The van der Waals surface area contributed by atoms with Crippen LogP contribution in [0.2, 0.25) is 5.02 Å². The van der Waals surface area contributed by atoms with Gasteiger partial charge in [-0.3, -0.25) is 4.79 Å². The molecule has 98 valence electrons. The zero-order valence-electron chi connectivity index (χ0n) is 9.26. The van der Waals surface area contributed by atoms with E-state index in [0.29, 0.717) is 5.56 Å². The van der Waals surface area contributed by atoms with Gasteiger partial charge in [0.15, 0.2) is 5.78 Å². The zero-order chi connectivity index (χ0) is 13.3. The summed E-state index contributed by atoms with van der Waals surface area (Å²) in [4.78, 5) is 11.9. The van der Waals surface area contributed by atoms with Crippen LogP contribution in [0.5, 0.6) is 5.75 Å². The largest absolute Gasteiger partial charge is 0.573 e. The van der Waals surface area contributed by atoms with Gasteiger partial charge in [-0.05, 0) is 31.0 Å². The van der Waals surface area contributed by atoms with E-state index in [1.54, 1.807) is 0 Å². The Kier molecular flexibility index (Phi) is 3.52. The maximum atomic E-state index is 12.0. The van der Waals surface area contributed by atoms with E-state index < -0.39 is 12.1 Å². The van der Waals surface area contributed by atoms with Crippen molar-refractivity contribution in [3.05, 3.63) is 28.8 Å². The second kappa shape index (κ2) is 4.80. The third kappa shape index (κ3) is 2.96. The smallest absolute Gasteiger partial charge is 0.404 e. The van der Waals surface area contributed by atoms with Crippen LogP contribution in [0.3, 0.4) is 0 Å². The molecular weight excluding hydrogens is 269 g/mol. The molecule has 0 unspecified atom stereocenters. The summed E-state index contributed by atoms with van der Waals surface area (Å²) in [5, 5.41) is -0.211. The molecule has 0 spiro atoms. The first-order chi connectivity index (χ1) is 8.37. The Morgan fingerprint density at radius 2 is 2.00 bits per heavy atom. The van der Waals surface area contributed by atoms with Gasteiger partial charge in [-0.25, -0.2) is 0 Å². The fourth-order valence-corrected chi connectivity index (χ4v) is 1.99. The number of halogens is 4. The van der Waals surface area contributed by atoms with Crippen LogP contribution in [0.1, 0.15) is 29.6 Å². The van der Waals surface area contributed by atoms with Crippen molar-refractivity contribution in [1.29, 1.82) is 0 Å². The summed E-state index contributed by atoms with van der Waals surface area (Å²) in [6.07, 6.45) is -2.11. The SMILES string of the molecule is O=C(c1ccc(OC(F)(F)F)c(Cl)c1)C1CCC1. The first kappa shape index (κ1) is 13.2. The summed E-state index contributed by atoms with van der Waals surface area (Å²) in [5.41, 5.74) is 0.333. The van der Waals surface area contributed by atoms with Gasteiger partial charge in [0.05, 0.1) is 5.02 Å². The van der Waals surface area contributed by atoms with Crippen molar-refractivity contribution in [2.75, 3.05) is 0 Å². The van der Waals surface area contributed by atoms with E-state index in [4.69, 9.17) is 11.6 Å². The van der Waals surface area contributed by atoms with Crippen molar-refractivity contribution in [2.24, 2.45) is 5.92 Å². The molecule has 0 N–H and O–H groups in total. The first-order valence-electron chi connectivity index (χ1n) is 5.46. The number of carbonyl (C=O) groups is 1. The lowest BCUT2D eigenvalue weighted by Gasteiger charge is -2.24. The van der Waals surface area contributed by atoms with Gasteiger partial charge in [0.2, 0.25) is 0 Å². The lowest BCUT2D eigenvalue weighted by atomic mass is 9.80. The zero-order valence-corrected chi connectivity index (χ0v) is 10.0. The van der Waals surface area contributed by atoms with Crippen LogP contribution in [0.25, 0.3) is 0 Å². The molecule has 6 heteroatoms. The van der Waals surface area contributed by atoms with Crippen LogP contribution < -0.4 is 4.74 Å². The van der Waals surface area contributed by atoms with E-state index in [9.17, 15) is 18.0 Å². The minimum absolute atomic E-state index is 0.0181. The molecule has 2 nitrogen and oxygen atoms in total. The molecule has 0 aliphatic heterocycles. The summed E-state index contributed by atoms with van der Waals surface area (Å²) in [7, 11) is 0. The van der Waals surface area contributed by atoms with Crippen LogP contribution in [-0.2, 0) is 0 Å². The number of ketones is 1. The quantitative estimate of drug-likeness (QED) is 0.774. The molecule has 18 heavy (non-hydrogen) atoms. The van der Waals surface area contributed by atoms with Crippen LogP contribution in [0.4, 0.5) is 13.2 Å². The Morgan fingerprint density at radius 3 is 2.44 bits per heavy atom. The molecule has 1 fully saturated rings. The highest BCUT2D eigenvalue weighted by atomic mass is 35.5. The minimum Gasteiger partial charge on any atom is -0.404 e. The molecule has 2 rings (SSSR count). The number of ether oxygens (including phenoxy) is 1. The molecule has 0 bridgehead atoms. The second-order valence-corrected chi connectivity index (χ2v) is 4.59. The molecule has 0 saturated heterocycles. The van der Waals surface area contributed by atoms with E-state index >= 15 is 0 Å². The van der Waals surface area contributed by atoms with Crippen LogP contribution in [0, 0.1) is 5.92 Å². The summed E-state index contributed by atoms with van der Waals surface area (Å²) >= 11 is 5.67. The second-order valence-electron chi connectivity index (χ2n) is 4.19. The average Bonchev–Trinajstić information content (AvgIpc) is 2.16. The van der Waals surface area contributed by atoms with Crippen molar-refractivity contribution in [3.63, 3.8) is 0 Å². The fraction of sp³-hybridized carbons (Fsp3) is 0.417. The monoisotopic (exact) mass is 278 g/mol. The molecule has 1 aromatic rings. The average molecular weight is 279 g/mol. The van der Waals surface area contributed by atoms with Crippen molar-refractivity contribution in [1.82, 2.24) is 0 Å². The summed E-state index contributed by atoms with van der Waals surface area (Å²) in [5.74, 6) is -0.577. The lowest BCUT2D eigenvalue weighted by molar-refractivity contribution is -0.274. The van der Waals surface area contributed by atoms with Gasteiger partial charge in [-0.15, -0.1) is 13.2 Å². The number of hydrogen-bond donors (Lipinski definition) is 0. The molecule has 0 heterocycles. The highest BCUT2D eigenvalue weighted by Crippen LogP contribution is 2.34. The number of carbonyl (C=O) groups excluding carboxylic acids is 1. The summed E-state index contributed by atoms with van der Waals surface area (Å²) in [6, 6.07) is 3.61. The van der Waals surface area contributed by atoms with E-state index in [1.807, 2.05) is 0 Å². The van der Waals surface area contributed by atoms with E-state index in [2.05, 4.69) is 4.74 Å². The standard InChI is InChI=1S/C12H10ClF3O2/c13-9-6-8(11(17)7-2-1-3-7)4-5-10(9)18-12(14,15)16/h4-7H,1-3H2. The summed E-state index contributed by atoms with van der Waals surface area (Å²) < 4.78 is 39.8. The Bertz CT molecular complexity index is 467. The molecule has 1 aliphatic carbocycles. The van der Waals surface area contributed by atoms with Crippen molar-refractivity contribution in [2.45, 2.75) is 25.6 Å². The van der Waals surface area contributed by atoms with Gasteiger partial charge >= 0.3 is 6.36 Å². The van der Waals surface area contributed by atoms with Gasteiger partial charge in [0.1, 0.15) is 5.75 Å². The van der Waals surface area contributed by atoms with Crippen molar-refractivity contribution in [3.8, 4) is 5.75 Å². The van der Waals surface area contributed by atoms with Gasteiger partial charge in [-0.1, -0.05) is 18.0 Å². The highest BCUT2D eigenvalue weighted by molar-refractivity contribution is 6.32. The first-order valence-corrected chi connectivity index (χ1v) is 5.84. The maximum absolute atomic E-state index is 12.0. The number of hydrogen-bond acceptors (Lipinski definition) is 2. The minimum atomic E-state index is -4.79. The molecule has 0 radical (unpaired) electrons. The van der Waals surface area contributed by atoms with Crippen LogP contribution in [-0.4, -0.2) is 12.1 Å². The van der Waals surface area contributed by atoms with E-state index in [1.165, 1.54) is 12.1 Å². The van der Waals surface area contributed by atoms with E-state index in [-0.39, 0.29) is 16.7 Å². The topological polar surface area (TPSA) is 26.3 Å². The predicted molar refractivity (Wildman–Crippen MR) is 59.8 cm³/mol. The predicted octanol–water partition coefficient (Wildman–Crippen LogP) is 4.22. The molecular formula is C12H10ClF3O2. The molecule has 0 atom stereocenters. The number of rotatable bonds is 3. The van der Waals surface area contributed by atoms with Gasteiger partial charge in [0, 0.05) is 11.5 Å². The van der Waals surface area contributed by atoms with Crippen LogP contribution >= 0.6 is 11.6 Å². The molecule has 1 saturated carbocycles. The summed E-state index contributed by atoms with van der Waals surface area (Å²) in [6.45, 7) is 0. The fourth-order valence-electron chi connectivity index (χ4n) is 1.77. The van der Waals surface area contributed by atoms with Gasteiger partial charge in [-0.2, -0.15) is 0 Å². The maximum Gasteiger partial charge on any atom is 0.573 e. The molecule has 0 amide bonds. The Balaban J connectivity index is 2.16. The molecule has 1 aliphatic rings. The Labute approximate surface area is 107 Å². The molecule has 1 aromatic carbocycles. The number of benzene rings is 1. The Morgan fingerprint density at radius 1 is 1.33 bits per heavy atom. The lowest BCUT2D eigenvalue weighted by Crippen LogP contribution is -2.22. The highest BCUT2D eigenvalue weighted by Gasteiger charge is 2.32. The number of Topliss-reactive ketones (excluding diaryl/α,β-unsaturated/α-hetero) is 1. The molecule has 0 aromatic heterocycles. The van der Waals surface area contributed by atoms with Crippen LogP contribution in [0.15, 0.2) is 18.2 Å².